The van der Waals surface area contributed by atoms with E-state index >= 15 is 0 Å². The fourth-order valence-corrected chi connectivity index (χ4v) is 2.69. The van der Waals surface area contributed by atoms with E-state index in [1.807, 2.05) is 30.3 Å². The van der Waals surface area contributed by atoms with E-state index in [0.29, 0.717) is 25.4 Å². The third-order valence-electron chi connectivity index (χ3n) is 4.03. The first-order chi connectivity index (χ1) is 10.1. The average molecular weight is 286 g/mol. The molecule has 1 fully saturated rings. The lowest BCUT2D eigenvalue weighted by Crippen LogP contribution is -2.31. The zero-order valence-electron chi connectivity index (χ0n) is 12.0. The highest BCUT2D eigenvalue weighted by Gasteiger charge is 2.40. The third-order valence-corrected chi connectivity index (χ3v) is 4.03. The number of oxazole rings is 1. The Bertz CT molecular complexity index is 638. The molecule has 0 aliphatic carbocycles. The van der Waals surface area contributed by atoms with Crippen LogP contribution in [0.2, 0.25) is 0 Å². The minimum Gasteiger partial charge on any atom is -0.481 e. The Kier molecular flexibility index (Phi) is 3.51. The standard InChI is InChI=1S/C16H18N2O3/c1-16(15(19)20)7-8-18(11-16)9-13-10-21-14(17-13)12-5-3-2-4-6-12/h2-6,10H,7-9,11H2,1H3,(H,19,20). The van der Waals surface area contributed by atoms with Crippen LogP contribution in [-0.2, 0) is 11.3 Å². The summed E-state index contributed by atoms with van der Waals surface area (Å²) in [5.41, 5.74) is 1.13. The van der Waals surface area contributed by atoms with Gasteiger partial charge in [-0.3, -0.25) is 9.69 Å². The molecule has 3 rings (SSSR count). The molecule has 0 amide bonds. The SMILES string of the molecule is CC1(C(=O)O)CCN(Cc2coc(-c3ccccc3)n2)C1. The second-order valence-corrected chi connectivity index (χ2v) is 5.84. The molecule has 1 atom stereocenters. The van der Waals surface area contributed by atoms with Gasteiger partial charge in [0.1, 0.15) is 6.26 Å². The van der Waals surface area contributed by atoms with E-state index in [1.54, 1.807) is 13.2 Å². The van der Waals surface area contributed by atoms with Crippen LogP contribution < -0.4 is 0 Å². The molecule has 21 heavy (non-hydrogen) atoms. The Balaban J connectivity index is 1.68. The molecule has 1 N–H and O–H groups in total. The molecule has 1 aromatic carbocycles. The lowest BCUT2D eigenvalue weighted by molar-refractivity contribution is -0.147. The molecule has 2 aromatic rings. The van der Waals surface area contributed by atoms with E-state index in [9.17, 15) is 9.90 Å². The summed E-state index contributed by atoms with van der Waals surface area (Å²) in [4.78, 5) is 17.8. The van der Waals surface area contributed by atoms with Crippen molar-refractivity contribution in [1.82, 2.24) is 9.88 Å². The molecule has 0 bridgehead atoms. The van der Waals surface area contributed by atoms with Crippen molar-refractivity contribution in [3.8, 4) is 11.5 Å². The van der Waals surface area contributed by atoms with Crippen LogP contribution in [0.4, 0.5) is 0 Å². The van der Waals surface area contributed by atoms with Crippen LogP contribution >= 0.6 is 0 Å². The summed E-state index contributed by atoms with van der Waals surface area (Å²) in [6.45, 7) is 3.75. The van der Waals surface area contributed by atoms with Gasteiger partial charge < -0.3 is 9.52 Å². The summed E-state index contributed by atoms with van der Waals surface area (Å²) in [5.74, 6) is -0.124. The molecule has 1 aromatic heterocycles. The summed E-state index contributed by atoms with van der Waals surface area (Å²) in [6.07, 6.45) is 2.32. The number of carboxylic acid groups (broad SMARTS) is 1. The number of carbonyl (C=O) groups is 1. The van der Waals surface area contributed by atoms with Gasteiger partial charge in [0.2, 0.25) is 5.89 Å². The number of hydrogen-bond acceptors (Lipinski definition) is 4. The molecule has 5 heteroatoms. The Hall–Kier alpha value is -2.14. The summed E-state index contributed by atoms with van der Waals surface area (Å²) in [7, 11) is 0. The highest BCUT2D eigenvalue weighted by molar-refractivity contribution is 5.74. The molecule has 1 aliphatic rings. The van der Waals surface area contributed by atoms with Gasteiger partial charge in [-0.15, -0.1) is 0 Å². The zero-order valence-corrected chi connectivity index (χ0v) is 12.0. The molecule has 1 aliphatic heterocycles. The van der Waals surface area contributed by atoms with Crippen LogP contribution in [0.15, 0.2) is 41.0 Å². The van der Waals surface area contributed by atoms with E-state index in [0.717, 1.165) is 17.8 Å². The van der Waals surface area contributed by atoms with Crippen LogP contribution in [-0.4, -0.2) is 34.0 Å². The number of nitrogens with zero attached hydrogens (tertiary/aromatic N) is 2. The normalized spacial score (nSPS) is 22.5. The molecule has 5 nitrogen and oxygen atoms in total. The second-order valence-electron chi connectivity index (χ2n) is 5.84. The van der Waals surface area contributed by atoms with Gasteiger partial charge in [0.15, 0.2) is 0 Å². The first kappa shape index (κ1) is 13.8. The van der Waals surface area contributed by atoms with Crippen molar-refractivity contribution >= 4 is 5.97 Å². The lowest BCUT2D eigenvalue weighted by atomic mass is 9.90. The first-order valence-corrected chi connectivity index (χ1v) is 7.02. The lowest BCUT2D eigenvalue weighted by Gasteiger charge is -2.19. The van der Waals surface area contributed by atoms with Crippen molar-refractivity contribution in [2.24, 2.45) is 5.41 Å². The predicted octanol–water partition coefficient (Wildman–Crippen LogP) is 2.64. The smallest absolute Gasteiger partial charge is 0.310 e. The highest BCUT2D eigenvalue weighted by Crippen LogP contribution is 2.31. The van der Waals surface area contributed by atoms with E-state index < -0.39 is 11.4 Å². The fourth-order valence-electron chi connectivity index (χ4n) is 2.69. The highest BCUT2D eigenvalue weighted by atomic mass is 16.4. The van der Waals surface area contributed by atoms with Crippen LogP contribution in [0.3, 0.4) is 0 Å². The summed E-state index contributed by atoms with van der Waals surface area (Å²) in [5, 5.41) is 9.25. The largest absolute Gasteiger partial charge is 0.481 e. The molecule has 0 radical (unpaired) electrons. The predicted molar refractivity (Wildman–Crippen MR) is 77.6 cm³/mol. The molecule has 1 saturated heterocycles. The molecular formula is C16H18N2O3. The Morgan fingerprint density at radius 3 is 2.86 bits per heavy atom. The van der Waals surface area contributed by atoms with Gasteiger partial charge in [-0.25, -0.2) is 4.98 Å². The van der Waals surface area contributed by atoms with Gasteiger partial charge in [-0.05, 0) is 32.0 Å². The minimum atomic E-state index is -0.727. The molecule has 110 valence electrons. The second kappa shape index (κ2) is 5.33. The maximum Gasteiger partial charge on any atom is 0.310 e. The zero-order chi connectivity index (χ0) is 14.9. The van der Waals surface area contributed by atoms with Gasteiger partial charge >= 0.3 is 5.97 Å². The van der Waals surface area contributed by atoms with Crippen molar-refractivity contribution in [2.75, 3.05) is 13.1 Å². The van der Waals surface area contributed by atoms with Gasteiger partial charge in [-0.1, -0.05) is 18.2 Å². The van der Waals surface area contributed by atoms with Crippen LogP contribution in [0.25, 0.3) is 11.5 Å². The average Bonchev–Trinajstić information content (AvgIpc) is 3.08. The quantitative estimate of drug-likeness (QED) is 0.936. The van der Waals surface area contributed by atoms with E-state index in [2.05, 4.69) is 9.88 Å². The Morgan fingerprint density at radius 1 is 1.43 bits per heavy atom. The Morgan fingerprint density at radius 2 is 2.19 bits per heavy atom. The van der Waals surface area contributed by atoms with Crippen molar-refractivity contribution in [2.45, 2.75) is 19.9 Å². The molecule has 1 unspecified atom stereocenters. The van der Waals surface area contributed by atoms with Gasteiger partial charge in [0, 0.05) is 18.7 Å². The third kappa shape index (κ3) is 2.83. The summed E-state index contributed by atoms with van der Waals surface area (Å²) < 4.78 is 5.51. The number of aromatic nitrogens is 1. The first-order valence-electron chi connectivity index (χ1n) is 7.02. The molecule has 2 heterocycles. The molecule has 0 saturated carbocycles. The number of likely N-dealkylation sites (tertiary alicyclic amines) is 1. The minimum absolute atomic E-state index is 0.551. The fraction of sp³-hybridized carbons (Fsp3) is 0.375. The topological polar surface area (TPSA) is 66.6 Å². The van der Waals surface area contributed by atoms with Crippen molar-refractivity contribution in [3.05, 3.63) is 42.3 Å². The van der Waals surface area contributed by atoms with Gasteiger partial charge in [0.05, 0.1) is 11.1 Å². The summed E-state index contributed by atoms with van der Waals surface area (Å²) in [6, 6.07) is 9.74. The number of aliphatic carboxylic acids is 1. The number of benzene rings is 1. The van der Waals surface area contributed by atoms with Gasteiger partial charge in [-0.2, -0.15) is 0 Å². The van der Waals surface area contributed by atoms with Crippen molar-refractivity contribution in [1.29, 1.82) is 0 Å². The van der Waals surface area contributed by atoms with Crippen LogP contribution in [0.1, 0.15) is 19.0 Å². The number of carboxylic acids is 1. The number of hydrogen-bond donors (Lipinski definition) is 1. The maximum atomic E-state index is 11.2. The maximum absolute atomic E-state index is 11.2. The van der Waals surface area contributed by atoms with Crippen molar-refractivity contribution in [3.63, 3.8) is 0 Å². The van der Waals surface area contributed by atoms with Gasteiger partial charge in [0.25, 0.3) is 0 Å². The Labute approximate surface area is 123 Å². The number of rotatable bonds is 4. The van der Waals surface area contributed by atoms with Crippen LogP contribution in [0.5, 0.6) is 0 Å². The van der Waals surface area contributed by atoms with E-state index in [1.165, 1.54) is 0 Å². The monoisotopic (exact) mass is 286 g/mol. The van der Waals surface area contributed by atoms with Crippen LogP contribution in [0, 0.1) is 5.41 Å². The van der Waals surface area contributed by atoms with Crippen molar-refractivity contribution < 1.29 is 14.3 Å². The van der Waals surface area contributed by atoms with E-state index in [4.69, 9.17) is 4.42 Å². The molecular weight excluding hydrogens is 268 g/mol. The molecule has 0 spiro atoms. The summed E-state index contributed by atoms with van der Waals surface area (Å²) >= 11 is 0. The van der Waals surface area contributed by atoms with E-state index in [-0.39, 0.29) is 0 Å².